The van der Waals surface area contributed by atoms with Gasteiger partial charge in [0.15, 0.2) is 0 Å². The monoisotopic (exact) mass is 519 g/mol. The van der Waals surface area contributed by atoms with Gasteiger partial charge in [-0.05, 0) is 19.3 Å². The predicted octanol–water partition coefficient (Wildman–Crippen LogP) is 10.4. The Kier molecular flexibility index (Phi) is 27.2. The number of hydrogen-bond acceptors (Lipinski definition) is 4. The summed E-state index contributed by atoms with van der Waals surface area (Å²) in [6.45, 7) is 8.42. The second-order valence-corrected chi connectivity index (χ2v) is 11.7. The molecule has 0 aromatic carbocycles. The molecule has 0 bridgehead atoms. The highest BCUT2D eigenvalue weighted by molar-refractivity contribution is 7.47. The molecule has 0 aliphatic rings. The number of phosphoric ester groups is 1. The molecular weight excluding hydrogens is 457 g/mol. The quantitative estimate of drug-likeness (QED) is 0.0605. The number of hydrogen-bond donors (Lipinski definition) is 1. The Morgan fingerprint density at radius 1 is 0.514 bits per heavy atom. The normalized spacial score (nSPS) is 13.5. The third-order valence-electron chi connectivity index (χ3n) is 6.74. The highest BCUT2D eigenvalue weighted by atomic mass is 31.2. The first-order valence-electron chi connectivity index (χ1n) is 15.5. The fourth-order valence-corrected chi connectivity index (χ4v) is 5.31. The first-order chi connectivity index (χ1) is 17.1. The molecule has 0 aromatic heterocycles. The third kappa shape index (κ3) is 26.9. The van der Waals surface area contributed by atoms with Crippen molar-refractivity contribution in [3.05, 3.63) is 0 Å². The van der Waals surface area contributed by atoms with Crippen molar-refractivity contribution in [3.63, 3.8) is 0 Å². The summed E-state index contributed by atoms with van der Waals surface area (Å²) < 4.78 is 23.3. The highest BCUT2D eigenvalue weighted by Crippen LogP contribution is 2.44. The van der Waals surface area contributed by atoms with Crippen LogP contribution in [-0.2, 0) is 13.7 Å². The SMILES string of the molecule is CCCCCCCCCCCCCOP(=O)(O)ON(CCCCCCCC)CCCCCCCC. The van der Waals surface area contributed by atoms with Crippen molar-refractivity contribution in [2.24, 2.45) is 0 Å². The maximum Gasteiger partial charge on any atom is 0.489 e. The van der Waals surface area contributed by atoms with Crippen LogP contribution in [0.2, 0.25) is 0 Å². The van der Waals surface area contributed by atoms with Crippen LogP contribution >= 0.6 is 7.82 Å². The van der Waals surface area contributed by atoms with Crippen molar-refractivity contribution in [2.45, 2.75) is 168 Å². The van der Waals surface area contributed by atoms with Gasteiger partial charge >= 0.3 is 7.82 Å². The summed E-state index contributed by atoms with van der Waals surface area (Å²) in [6, 6.07) is 0. The predicted molar refractivity (Wildman–Crippen MR) is 152 cm³/mol. The largest absolute Gasteiger partial charge is 0.489 e. The molecular formula is C29H62NO4P. The lowest BCUT2D eigenvalue weighted by Crippen LogP contribution is -2.26. The fraction of sp³-hybridized carbons (Fsp3) is 1.00. The van der Waals surface area contributed by atoms with Gasteiger partial charge in [0.2, 0.25) is 0 Å². The summed E-state index contributed by atoms with van der Waals surface area (Å²) in [5.74, 6) is 0. The molecule has 0 spiro atoms. The number of rotatable bonds is 29. The van der Waals surface area contributed by atoms with Crippen molar-refractivity contribution >= 4 is 7.82 Å². The zero-order chi connectivity index (χ0) is 25.9. The molecule has 0 fully saturated rings. The minimum Gasteiger partial charge on any atom is -0.301 e. The molecule has 1 N–H and O–H groups in total. The van der Waals surface area contributed by atoms with Crippen molar-refractivity contribution in [3.8, 4) is 0 Å². The van der Waals surface area contributed by atoms with E-state index in [9.17, 15) is 9.46 Å². The minimum atomic E-state index is -4.04. The second kappa shape index (κ2) is 27.1. The van der Waals surface area contributed by atoms with Crippen molar-refractivity contribution in [1.29, 1.82) is 0 Å². The van der Waals surface area contributed by atoms with E-state index in [-0.39, 0.29) is 0 Å². The molecule has 0 aromatic rings. The van der Waals surface area contributed by atoms with E-state index < -0.39 is 7.82 Å². The van der Waals surface area contributed by atoms with Gasteiger partial charge in [-0.25, -0.2) is 4.57 Å². The van der Waals surface area contributed by atoms with Crippen LogP contribution in [0.1, 0.15) is 168 Å². The Balaban J connectivity index is 4.04. The summed E-state index contributed by atoms with van der Waals surface area (Å²) in [6.07, 6.45) is 28.1. The van der Waals surface area contributed by atoms with E-state index in [1.807, 2.05) is 0 Å². The summed E-state index contributed by atoms with van der Waals surface area (Å²) in [5.41, 5.74) is 0. The maximum absolute atomic E-state index is 12.5. The smallest absolute Gasteiger partial charge is 0.301 e. The molecule has 1 atom stereocenters. The van der Waals surface area contributed by atoms with E-state index in [1.165, 1.54) is 109 Å². The zero-order valence-corrected chi connectivity index (χ0v) is 24.8. The van der Waals surface area contributed by atoms with Crippen LogP contribution in [0, 0.1) is 0 Å². The average Bonchev–Trinajstić information content (AvgIpc) is 2.83. The van der Waals surface area contributed by atoms with Crippen LogP contribution < -0.4 is 0 Å². The molecule has 6 heteroatoms. The van der Waals surface area contributed by atoms with Gasteiger partial charge in [0.05, 0.1) is 6.61 Å². The molecule has 0 amide bonds. The van der Waals surface area contributed by atoms with E-state index >= 15 is 0 Å². The second-order valence-electron chi connectivity index (χ2n) is 10.4. The molecule has 0 aliphatic heterocycles. The van der Waals surface area contributed by atoms with Crippen LogP contribution in [-0.4, -0.2) is 29.7 Å². The minimum absolute atomic E-state index is 0.298. The lowest BCUT2D eigenvalue weighted by atomic mass is 10.1. The molecule has 1 unspecified atom stereocenters. The van der Waals surface area contributed by atoms with Crippen molar-refractivity contribution < 1.29 is 18.6 Å². The van der Waals surface area contributed by atoms with Gasteiger partial charge in [-0.15, -0.1) is 0 Å². The van der Waals surface area contributed by atoms with E-state index in [1.54, 1.807) is 5.06 Å². The Bertz CT molecular complexity index is 448. The topological polar surface area (TPSA) is 59.0 Å². The van der Waals surface area contributed by atoms with Crippen LogP contribution in [0.5, 0.6) is 0 Å². The van der Waals surface area contributed by atoms with Gasteiger partial charge in [0.25, 0.3) is 0 Å². The van der Waals surface area contributed by atoms with Crippen LogP contribution in [0.3, 0.4) is 0 Å². The highest BCUT2D eigenvalue weighted by Gasteiger charge is 2.25. The number of unbranched alkanes of at least 4 members (excludes halogenated alkanes) is 20. The van der Waals surface area contributed by atoms with Crippen molar-refractivity contribution in [1.82, 2.24) is 5.06 Å². The van der Waals surface area contributed by atoms with Gasteiger partial charge in [0.1, 0.15) is 0 Å². The maximum atomic E-state index is 12.5. The molecule has 35 heavy (non-hydrogen) atoms. The van der Waals surface area contributed by atoms with Gasteiger partial charge in [-0.3, -0.25) is 4.52 Å². The number of phosphoric acid groups is 1. The first kappa shape index (κ1) is 35.1. The lowest BCUT2D eigenvalue weighted by Gasteiger charge is -2.24. The average molecular weight is 520 g/mol. The Hall–Kier alpha value is 0.0700. The summed E-state index contributed by atoms with van der Waals surface area (Å²) >= 11 is 0. The molecule has 5 nitrogen and oxygen atoms in total. The number of nitrogens with zero attached hydrogens (tertiary/aromatic N) is 1. The van der Waals surface area contributed by atoms with E-state index in [0.29, 0.717) is 19.7 Å². The fourth-order valence-electron chi connectivity index (χ4n) is 4.45. The molecule has 212 valence electrons. The van der Waals surface area contributed by atoms with Crippen LogP contribution in [0.25, 0.3) is 0 Å². The molecule has 0 aliphatic carbocycles. The molecule has 0 heterocycles. The van der Waals surface area contributed by atoms with E-state index in [4.69, 9.17) is 9.15 Å². The summed E-state index contributed by atoms with van der Waals surface area (Å²) in [7, 11) is -4.04. The first-order valence-corrected chi connectivity index (χ1v) is 17.0. The van der Waals surface area contributed by atoms with Crippen LogP contribution in [0.15, 0.2) is 0 Å². The molecule has 0 saturated carbocycles. The molecule has 0 radical (unpaired) electrons. The third-order valence-corrected chi connectivity index (χ3v) is 7.69. The van der Waals surface area contributed by atoms with Gasteiger partial charge in [-0.2, -0.15) is 9.69 Å². The lowest BCUT2D eigenvalue weighted by molar-refractivity contribution is -0.0885. The van der Waals surface area contributed by atoms with Gasteiger partial charge in [0, 0.05) is 13.1 Å². The van der Waals surface area contributed by atoms with Crippen LogP contribution in [0.4, 0.5) is 0 Å². The van der Waals surface area contributed by atoms with Gasteiger partial charge in [-0.1, -0.05) is 149 Å². The van der Waals surface area contributed by atoms with E-state index in [2.05, 4.69) is 20.8 Å². The summed E-state index contributed by atoms with van der Waals surface area (Å²) in [4.78, 5) is 10.3. The number of hydroxylamine groups is 2. The van der Waals surface area contributed by atoms with E-state index in [0.717, 1.165) is 38.5 Å². The Morgan fingerprint density at radius 3 is 1.20 bits per heavy atom. The molecule has 0 rings (SSSR count). The van der Waals surface area contributed by atoms with Gasteiger partial charge < -0.3 is 4.89 Å². The Morgan fingerprint density at radius 2 is 0.829 bits per heavy atom. The molecule has 0 saturated heterocycles. The van der Waals surface area contributed by atoms with Crippen molar-refractivity contribution in [2.75, 3.05) is 19.7 Å². The summed E-state index contributed by atoms with van der Waals surface area (Å²) in [5, 5.41) is 1.71. The zero-order valence-electron chi connectivity index (χ0n) is 24.0. The Labute approximate surface area is 219 Å². The standard InChI is InChI=1S/C29H62NO4P/c1-4-7-10-13-16-17-18-19-20-23-26-29-33-35(31,32)34-30(27-24-21-14-11-8-5-2)28-25-22-15-12-9-6-3/h4-29H2,1-3H3,(H,31,32).